The molecule has 5 nitrogen and oxygen atoms in total. The summed E-state index contributed by atoms with van der Waals surface area (Å²) in [6.45, 7) is 2.13. The maximum Gasteiger partial charge on any atom is 0.318 e. The van der Waals surface area contributed by atoms with Gasteiger partial charge in [-0.2, -0.15) is 0 Å². The largest absolute Gasteiger partial charge is 0.394 e. The Morgan fingerprint density at radius 2 is 2.04 bits per heavy atom. The average molecular weight is 321 g/mol. The van der Waals surface area contributed by atoms with Gasteiger partial charge in [0, 0.05) is 25.7 Å². The van der Waals surface area contributed by atoms with Crippen LogP contribution in [0.25, 0.3) is 0 Å². The van der Waals surface area contributed by atoms with Gasteiger partial charge in [-0.3, -0.25) is 0 Å². The van der Waals surface area contributed by atoms with E-state index in [4.69, 9.17) is 0 Å². The molecule has 1 aromatic rings. The molecule has 0 saturated carbocycles. The molecule has 0 spiro atoms. The second kappa shape index (κ2) is 7.17. The molecule has 2 aliphatic heterocycles. The van der Waals surface area contributed by atoms with Crippen LogP contribution in [0.3, 0.4) is 0 Å². The van der Waals surface area contributed by atoms with Crippen LogP contribution >= 0.6 is 0 Å². The molecule has 0 bridgehead atoms. The first-order chi connectivity index (χ1) is 11.2. The molecule has 0 aliphatic carbocycles. The SMILES string of the molecule is O=C(N[C@@H]1CCCN(c2ccccc2F)C1)N1CCC[C@@H]1CO. The van der Waals surface area contributed by atoms with Gasteiger partial charge in [0.2, 0.25) is 0 Å². The number of piperidine rings is 1. The van der Waals surface area contributed by atoms with Gasteiger partial charge in [-0.25, -0.2) is 9.18 Å². The summed E-state index contributed by atoms with van der Waals surface area (Å²) in [5.74, 6) is -0.223. The number of carbonyl (C=O) groups is 1. The molecule has 0 aromatic heterocycles. The summed E-state index contributed by atoms with van der Waals surface area (Å²) >= 11 is 0. The van der Waals surface area contributed by atoms with E-state index in [9.17, 15) is 14.3 Å². The number of para-hydroxylation sites is 1. The highest BCUT2D eigenvalue weighted by molar-refractivity contribution is 5.75. The van der Waals surface area contributed by atoms with Crippen molar-refractivity contribution in [3.63, 3.8) is 0 Å². The highest BCUT2D eigenvalue weighted by Gasteiger charge is 2.30. The number of urea groups is 1. The molecule has 2 fully saturated rings. The molecule has 2 atom stereocenters. The summed E-state index contributed by atoms with van der Waals surface area (Å²) in [6.07, 6.45) is 3.61. The monoisotopic (exact) mass is 321 g/mol. The third kappa shape index (κ3) is 3.58. The van der Waals surface area contributed by atoms with E-state index in [0.29, 0.717) is 18.8 Å². The Balaban J connectivity index is 1.61. The Labute approximate surface area is 136 Å². The fourth-order valence-corrected chi connectivity index (χ4v) is 3.57. The van der Waals surface area contributed by atoms with Crippen molar-refractivity contribution in [2.24, 2.45) is 0 Å². The number of likely N-dealkylation sites (tertiary alicyclic amines) is 1. The second-order valence-corrected chi connectivity index (χ2v) is 6.36. The van der Waals surface area contributed by atoms with Crippen molar-refractivity contribution in [2.45, 2.75) is 37.8 Å². The number of rotatable bonds is 3. The Bertz CT molecular complexity index is 554. The summed E-state index contributed by atoms with van der Waals surface area (Å²) in [5, 5.41) is 12.4. The van der Waals surface area contributed by atoms with Gasteiger partial charge < -0.3 is 20.2 Å². The number of nitrogens with one attached hydrogen (secondary N) is 1. The van der Waals surface area contributed by atoms with E-state index >= 15 is 0 Å². The lowest BCUT2D eigenvalue weighted by atomic mass is 10.0. The number of hydrogen-bond donors (Lipinski definition) is 2. The molecule has 2 aliphatic rings. The predicted molar refractivity (Wildman–Crippen MR) is 87.0 cm³/mol. The van der Waals surface area contributed by atoms with Crippen LogP contribution in [0.2, 0.25) is 0 Å². The van der Waals surface area contributed by atoms with E-state index in [1.165, 1.54) is 6.07 Å². The number of carbonyl (C=O) groups excluding carboxylic acids is 1. The van der Waals surface area contributed by atoms with E-state index in [1.54, 1.807) is 17.0 Å². The molecular weight excluding hydrogens is 297 g/mol. The number of aliphatic hydroxyl groups excluding tert-OH is 1. The molecule has 23 heavy (non-hydrogen) atoms. The number of halogens is 1. The standard InChI is InChI=1S/C17H24FN3O2/c18-15-7-1-2-8-16(15)20-9-3-5-13(11-20)19-17(23)21-10-4-6-14(21)12-22/h1-2,7-8,13-14,22H,3-6,9-12H2,(H,19,23)/t13-,14-/m1/s1. The van der Waals surface area contributed by atoms with Crippen LogP contribution in [0.4, 0.5) is 14.9 Å². The smallest absolute Gasteiger partial charge is 0.318 e. The van der Waals surface area contributed by atoms with Crippen LogP contribution in [0.1, 0.15) is 25.7 Å². The molecule has 126 valence electrons. The van der Waals surface area contributed by atoms with Crippen LogP contribution in [0.5, 0.6) is 0 Å². The van der Waals surface area contributed by atoms with Crippen molar-refractivity contribution < 1.29 is 14.3 Å². The van der Waals surface area contributed by atoms with Crippen LogP contribution in [0.15, 0.2) is 24.3 Å². The van der Waals surface area contributed by atoms with Gasteiger partial charge >= 0.3 is 6.03 Å². The Morgan fingerprint density at radius 3 is 2.83 bits per heavy atom. The molecule has 2 amide bonds. The first-order valence-electron chi connectivity index (χ1n) is 8.36. The third-order valence-corrected chi connectivity index (χ3v) is 4.79. The zero-order chi connectivity index (χ0) is 16.2. The fourth-order valence-electron chi connectivity index (χ4n) is 3.57. The van der Waals surface area contributed by atoms with Gasteiger partial charge in [-0.15, -0.1) is 0 Å². The molecule has 2 N–H and O–H groups in total. The molecule has 1 aromatic carbocycles. The minimum Gasteiger partial charge on any atom is -0.394 e. The summed E-state index contributed by atoms with van der Waals surface area (Å²) in [6, 6.07) is 6.59. The van der Waals surface area contributed by atoms with Crippen molar-refractivity contribution in [1.82, 2.24) is 10.2 Å². The summed E-state index contributed by atoms with van der Waals surface area (Å²) in [7, 11) is 0. The lowest BCUT2D eigenvalue weighted by molar-refractivity contribution is 0.153. The first-order valence-corrected chi connectivity index (χ1v) is 8.36. The zero-order valence-corrected chi connectivity index (χ0v) is 13.2. The van der Waals surface area contributed by atoms with Crippen molar-refractivity contribution in [3.05, 3.63) is 30.1 Å². The van der Waals surface area contributed by atoms with E-state index in [-0.39, 0.29) is 30.5 Å². The Hall–Kier alpha value is -1.82. The van der Waals surface area contributed by atoms with Crippen LogP contribution in [0, 0.1) is 5.82 Å². The molecule has 2 saturated heterocycles. The van der Waals surface area contributed by atoms with Crippen molar-refractivity contribution in [3.8, 4) is 0 Å². The number of benzene rings is 1. The van der Waals surface area contributed by atoms with E-state index in [2.05, 4.69) is 5.32 Å². The molecule has 6 heteroatoms. The minimum atomic E-state index is -0.223. The van der Waals surface area contributed by atoms with Crippen molar-refractivity contribution in [1.29, 1.82) is 0 Å². The van der Waals surface area contributed by atoms with Gasteiger partial charge in [0.1, 0.15) is 5.82 Å². The van der Waals surface area contributed by atoms with Gasteiger partial charge in [0.25, 0.3) is 0 Å². The maximum atomic E-state index is 13.9. The van der Waals surface area contributed by atoms with Gasteiger partial charge in [0.15, 0.2) is 0 Å². The molecule has 0 unspecified atom stereocenters. The van der Waals surface area contributed by atoms with Crippen molar-refractivity contribution in [2.75, 3.05) is 31.1 Å². The van der Waals surface area contributed by atoms with Gasteiger partial charge in [-0.1, -0.05) is 12.1 Å². The summed E-state index contributed by atoms with van der Waals surface area (Å²) in [4.78, 5) is 16.1. The van der Waals surface area contributed by atoms with E-state index in [1.807, 2.05) is 11.0 Å². The predicted octanol–water partition coefficient (Wildman–Crippen LogP) is 1.96. The zero-order valence-electron chi connectivity index (χ0n) is 13.2. The molecule has 2 heterocycles. The average Bonchev–Trinajstić information content (AvgIpc) is 3.04. The number of hydrogen-bond acceptors (Lipinski definition) is 3. The molecule has 3 rings (SSSR count). The highest BCUT2D eigenvalue weighted by atomic mass is 19.1. The van der Waals surface area contributed by atoms with Crippen molar-refractivity contribution >= 4 is 11.7 Å². The Kier molecular flexibility index (Phi) is 5.00. The van der Waals surface area contributed by atoms with E-state index < -0.39 is 0 Å². The topological polar surface area (TPSA) is 55.8 Å². The van der Waals surface area contributed by atoms with Crippen LogP contribution in [-0.2, 0) is 0 Å². The minimum absolute atomic E-state index is 0.01000. The summed E-state index contributed by atoms with van der Waals surface area (Å²) < 4.78 is 13.9. The normalized spacial score (nSPS) is 24.8. The van der Waals surface area contributed by atoms with Crippen LogP contribution in [-0.4, -0.2) is 54.4 Å². The van der Waals surface area contributed by atoms with Gasteiger partial charge in [-0.05, 0) is 37.8 Å². The van der Waals surface area contributed by atoms with E-state index in [0.717, 1.165) is 32.2 Å². The molecular formula is C17H24FN3O2. The lowest BCUT2D eigenvalue weighted by Crippen LogP contribution is -2.53. The number of aliphatic hydroxyl groups is 1. The molecule has 0 radical (unpaired) electrons. The highest BCUT2D eigenvalue weighted by Crippen LogP contribution is 2.23. The lowest BCUT2D eigenvalue weighted by Gasteiger charge is -2.36. The third-order valence-electron chi connectivity index (χ3n) is 4.79. The number of nitrogens with zero attached hydrogens (tertiary/aromatic N) is 2. The van der Waals surface area contributed by atoms with Crippen LogP contribution < -0.4 is 10.2 Å². The van der Waals surface area contributed by atoms with Gasteiger partial charge in [0.05, 0.1) is 18.3 Å². The quantitative estimate of drug-likeness (QED) is 0.895. The fraction of sp³-hybridized carbons (Fsp3) is 0.588. The second-order valence-electron chi connectivity index (χ2n) is 6.36. The maximum absolute atomic E-state index is 13.9. The number of amides is 2. The number of anilines is 1. The summed E-state index contributed by atoms with van der Waals surface area (Å²) in [5.41, 5.74) is 0.598. The Morgan fingerprint density at radius 1 is 1.26 bits per heavy atom. The first kappa shape index (κ1) is 16.1.